The Kier molecular flexibility index (Phi) is 8.75. The van der Waals surface area contributed by atoms with Gasteiger partial charge in [0.25, 0.3) is 5.91 Å². The second-order valence-corrected chi connectivity index (χ2v) is 10.1. The Morgan fingerprint density at radius 1 is 1.00 bits per heavy atom. The Morgan fingerprint density at radius 3 is 2.45 bits per heavy atom. The zero-order valence-corrected chi connectivity index (χ0v) is 21.6. The molecule has 2 aromatic carbocycles. The van der Waals surface area contributed by atoms with Crippen molar-refractivity contribution in [3.05, 3.63) is 59.9 Å². The van der Waals surface area contributed by atoms with Gasteiger partial charge in [0.05, 0.1) is 13.2 Å². The van der Waals surface area contributed by atoms with Crippen LogP contribution in [0, 0.1) is 5.82 Å². The number of rotatable bonds is 8. The quantitative estimate of drug-likeness (QED) is 0.570. The van der Waals surface area contributed by atoms with Gasteiger partial charge in [-0.25, -0.2) is 4.39 Å². The van der Waals surface area contributed by atoms with Crippen LogP contribution in [0.3, 0.4) is 0 Å². The first kappa shape index (κ1) is 26.4. The zero-order chi connectivity index (χ0) is 26.3. The lowest BCUT2D eigenvalue weighted by atomic mass is 9.94. The predicted molar refractivity (Wildman–Crippen MR) is 139 cm³/mol. The van der Waals surface area contributed by atoms with Crippen molar-refractivity contribution in [1.82, 2.24) is 15.1 Å². The highest BCUT2D eigenvalue weighted by molar-refractivity contribution is 5.91. The van der Waals surface area contributed by atoms with Crippen LogP contribution in [0.25, 0.3) is 0 Å². The number of fused-ring (bicyclic) bond motifs is 1. The van der Waals surface area contributed by atoms with Crippen molar-refractivity contribution in [3.8, 4) is 11.5 Å². The third kappa shape index (κ3) is 6.45. The molecule has 5 rings (SSSR count). The highest BCUT2D eigenvalue weighted by Gasteiger charge is 2.39. The molecule has 1 saturated carbocycles. The van der Waals surface area contributed by atoms with Crippen LogP contribution in [0.5, 0.6) is 11.5 Å². The molecule has 2 fully saturated rings. The van der Waals surface area contributed by atoms with Crippen molar-refractivity contribution >= 4 is 11.8 Å². The highest BCUT2D eigenvalue weighted by atomic mass is 19.1. The first-order valence-electron chi connectivity index (χ1n) is 13.6. The summed E-state index contributed by atoms with van der Waals surface area (Å²) in [4.78, 5) is 31.8. The van der Waals surface area contributed by atoms with E-state index in [1.54, 1.807) is 29.2 Å². The van der Waals surface area contributed by atoms with Crippen LogP contribution < -0.4 is 14.8 Å². The average Bonchev–Trinajstić information content (AvgIpc) is 2.96. The van der Waals surface area contributed by atoms with Crippen molar-refractivity contribution < 1.29 is 28.2 Å². The highest BCUT2D eigenvalue weighted by Crippen LogP contribution is 2.33. The van der Waals surface area contributed by atoms with Gasteiger partial charge in [0, 0.05) is 32.2 Å². The summed E-state index contributed by atoms with van der Waals surface area (Å²) in [5.74, 6) is 0.0978. The van der Waals surface area contributed by atoms with Gasteiger partial charge in [-0.2, -0.15) is 0 Å². The van der Waals surface area contributed by atoms with Crippen LogP contribution in [0.15, 0.2) is 48.5 Å². The number of amides is 2. The molecule has 2 aliphatic heterocycles. The number of nitrogens with one attached hydrogen (secondary N) is 1. The topological polar surface area (TPSA) is 80.3 Å². The number of ether oxygens (including phenoxy) is 3. The van der Waals surface area contributed by atoms with E-state index in [0.717, 1.165) is 38.8 Å². The summed E-state index contributed by atoms with van der Waals surface area (Å²) in [6.07, 6.45) is 4.23. The molecule has 0 radical (unpaired) electrons. The average molecular weight is 526 g/mol. The molecule has 2 atom stereocenters. The molecule has 1 saturated heterocycles. The maximum atomic E-state index is 14.1. The number of nitrogens with zero attached hydrogens (tertiary/aromatic N) is 2. The van der Waals surface area contributed by atoms with Gasteiger partial charge in [-0.1, -0.05) is 43.5 Å². The Balaban J connectivity index is 1.43. The first-order chi connectivity index (χ1) is 18.6. The second-order valence-electron chi connectivity index (χ2n) is 10.1. The van der Waals surface area contributed by atoms with E-state index in [2.05, 4.69) is 10.2 Å². The van der Waals surface area contributed by atoms with Crippen molar-refractivity contribution in [2.45, 2.75) is 50.3 Å². The van der Waals surface area contributed by atoms with Crippen LogP contribution in [0.1, 0.15) is 43.7 Å². The molecule has 0 bridgehead atoms. The molecule has 3 aliphatic rings. The number of carbonyl (C=O) groups is 2. The minimum absolute atomic E-state index is 0.0459. The van der Waals surface area contributed by atoms with E-state index in [9.17, 15) is 14.0 Å². The van der Waals surface area contributed by atoms with E-state index in [-0.39, 0.29) is 24.5 Å². The maximum Gasteiger partial charge on any atom is 0.268 e. The van der Waals surface area contributed by atoms with Crippen LogP contribution in [-0.4, -0.2) is 79.8 Å². The summed E-state index contributed by atoms with van der Waals surface area (Å²) in [7, 11) is 0. The maximum absolute atomic E-state index is 14.1. The Morgan fingerprint density at radius 2 is 1.71 bits per heavy atom. The molecule has 1 aliphatic carbocycles. The normalized spacial score (nSPS) is 20.9. The molecule has 2 unspecified atom stereocenters. The minimum Gasteiger partial charge on any atom is -0.485 e. The lowest BCUT2D eigenvalue weighted by Gasteiger charge is -2.37. The van der Waals surface area contributed by atoms with Crippen molar-refractivity contribution in [1.29, 1.82) is 0 Å². The van der Waals surface area contributed by atoms with Gasteiger partial charge >= 0.3 is 0 Å². The van der Waals surface area contributed by atoms with E-state index >= 15 is 0 Å². The van der Waals surface area contributed by atoms with E-state index in [1.807, 2.05) is 12.1 Å². The lowest BCUT2D eigenvalue weighted by Crippen LogP contribution is -2.54. The van der Waals surface area contributed by atoms with E-state index < -0.39 is 18.0 Å². The molecule has 2 amide bonds. The lowest BCUT2D eigenvalue weighted by molar-refractivity contribution is -0.149. The fourth-order valence-electron chi connectivity index (χ4n) is 5.41. The largest absolute Gasteiger partial charge is 0.485 e. The fraction of sp³-hybridized carbons (Fsp3) is 0.517. The summed E-state index contributed by atoms with van der Waals surface area (Å²) in [6.45, 7) is 3.71. The SMILES string of the molecule is O=C(NC1CCCCC1)C(c1ccc(F)cc1)N(CCN1CCOCC1)C(=O)C1COc2ccccc2O1. The molecular formula is C29H36FN3O5. The van der Waals surface area contributed by atoms with Crippen LogP contribution in [-0.2, 0) is 14.3 Å². The van der Waals surface area contributed by atoms with Gasteiger partial charge in [0.1, 0.15) is 18.5 Å². The zero-order valence-electron chi connectivity index (χ0n) is 21.6. The minimum atomic E-state index is -0.924. The molecule has 1 N–H and O–H groups in total. The molecule has 0 spiro atoms. The van der Waals surface area contributed by atoms with E-state index in [4.69, 9.17) is 14.2 Å². The summed E-state index contributed by atoms with van der Waals surface area (Å²) in [5, 5.41) is 3.19. The number of morpholine rings is 1. The molecule has 2 heterocycles. The summed E-state index contributed by atoms with van der Waals surface area (Å²) < 4.78 is 31.2. The number of para-hydroxylation sites is 2. The Bertz CT molecular complexity index is 1090. The summed E-state index contributed by atoms with van der Waals surface area (Å²) in [6, 6.07) is 12.2. The molecule has 8 nitrogen and oxygen atoms in total. The number of benzene rings is 2. The van der Waals surface area contributed by atoms with Crippen LogP contribution in [0.4, 0.5) is 4.39 Å². The monoisotopic (exact) mass is 525 g/mol. The van der Waals surface area contributed by atoms with Gasteiger partial charge in [0.2, 0.25) is 12.0 Å². The fourth-order valence-corrected chi connectivity index (χ4v) is 5.41. The van der Waals surface area contributed by atoms with Gasteiger partial charge in [0.15, 0.2) is 11.5 Å². The molecule has 0 aromatic heterocycles. The summed E-state index contributed by atoms with van der Waals surface area (Å²) >= 11 is 0. The van der Waals surface area contributed by atoms with Gasteiger partial charge in [-0.3, -0.25) is 14.5 Å². The van der Waals surface area contributed by atoms with E-state index in [1.165, 1.54) is 18.6 Å². The third-order valence-electron chi connectivity index (χ3n) is 7.53. The molecule has 2 aromatic rings. The standard InChI is InChI=1S/C29H36FN3O5/c30-22-12-10-21(11-13-22)27(28(34)31-23-6-2-1-3-7-23)33(15-14-32-16-18-36-19-17-32)29(35)26-20-37-24-8-4-5-9-25(24)38-26/h4-5,8-13,23,26-27H,1-3,6-7,14-20H2,(H,31,34). The van der Waals surface area contributed by atoms with Gasteiger partial charge in [-0.05, 0) is 42.7 Å². The number of halogens is 1. The Hall–Kier alpha value is -3.17. The Labute approximate surface area is 223 Å². The van der Waals surface area contributed by atoms with Crippen molar-refractivity contribution in [3.63, 3.8) is 0 Å². The van der Waals surface area contributed by atoms with Crippen molar-refractivity contribution in [2.75, 3.05) is 46.0 Å². The number of carbonyl (C=O) groups excluding carboxylic acids is 2. The molecule has 38 heavy (non-hydrogen) atoms. The first-order valence-corrected chi connectivity index (χ1v) is 13.6. The molecule has 204 valence electrons. The summed E-state index contributed by atoms with van der Waals surface area (Å²) in [5.41, 5.74) is 0.562. The molecule has 9 heteroatoms. The van der Waals surface area contributed by atoms with Gasteiger partial charge in [-0.15, -0.1) is 0 Å². The predicted octanol–water partition coefficient (Wildman–Crippen LogP) is 3.32. The number of hydrogen-bond acceptors (Lipinski definition) is 6. The second kappa shape index (κ2) is 12.6. The third-order valence-corrected chi connectivity index (χ3v) is 7.53. The van der Waals surface area contributed by atoms with Crippen LogP contribution in [0.2, 0.25) is 0 Å². The smallest absolute Gasteiger partial charge is 0.268 e. The molecular weight excluding hydrogens is 489 g/mol. The van der Waals surface area contributed by atoms with Crippen LogP contribution >= 0.6 is 0 Å². The number of hydrogen-bond donors (Lipinski definition) is 1. The van der Waals surface area contributed by atoms with Crippen molar-refractivity contribution in [2.24, 2.45) is 0 Å². The van der Waals surface area contributed by atoms with E-state index in [0.29, 0.717) is 43.4 Å². The van der Waals surface area contributed by atoms with Gasteiger partial charge < -0.3 is 24.4 Å².